The highest BCUT2D eigenvalue weighted by Crippen LogP contribution is 2.42. The Hall–Kier alpha value is -0.820. The van der Waals surface area contributed by atoms with Gasteiger partial charge in [-0.2, -0.15) is 0 Å². The average Bonchev–Trinajstić information content (AvgIpc) is 2.82. The monoisotopic (exact) mass is 372 g/mol. The molecule has 0 aliphatic carbocycles. The summed E-state index contributed by atoms with van der Waals surface area (Å²) in [5, 5.41) is 19.1. The summed E-state index contributed by atoms with van der Waals surface area (Å²) in [6.07, 6.45) is 1.28. The van der Waals surface area contributed by atoms with Crippen LogP contribution in [-0.4, -0.2) is 22.4 Å². The number of benzene rings is 1. The maximum absolute atomic E-state index is 11.1. The van der Waals surface area contributed by atoms with E-state index in [1.807, 2.05) is 24.5 Å². The third-order valence-electron chi connectivity index (χ3n) is 2.86. The molecule has 1 aromatic carbocycles. The Labute approximate surface area is 133 Å². The van der Waals surface area contributed by atoms with Crippen LogP contribution in [0, 0.1) is 0 Å². The van der Waals surface area contributed by atoms with Crippen molar-refractivity contribution in [3.63, 3.8) is 0 Å². The van der Waals surface area contributed by atoms with E-state index in [1.54, 1.807) is 13.0 Å². The third kappa shape index (κ3) is 2.93. The van der Waals surface area contributed by atoms with Gasteiger partial charge in [0.25, 0.3) is 0 Å². The Morgan fingerprint density at radius 2 is 2.10 bits per heavy atom. The Kier molecular flexibility index (Phi) is 4.90. The number of halogens is 1. The van der Waals surface area contributed by atoms with Gasteiger partial charge < -0.3 is 10.2 Å². The molecule has 0 bridgehead atoms. The molecular formula is C14H13BrO3S2. The van der Waals surface area contributed by atoms with Crippen molar-refractivity contribution in [1.82, 2.24) is 0 Å². The molecule has 2 rings (SSSR count). The van der Waals surface area contributed by atoms with Crippen LogP contribution >= 0.6 is 39.0 Å². The highest BCUT2D eigenvalue weighted by molar-refractivity contribution is 9.10. The van der Waals surface area contributed by atoms with Crippen LogP contribution in [0.5, 0.6) is 0 Å². The van der Waals surface area contributed by atoms with Crippen molar-refractivity contribution in [2.45, 2.75) is 17.2 Å². The first kappa shape index (κ1) is 15.6. The largest absolute Gasteiger partial charge is 0.477 e. The van der Waals surface area contributed by atoms with E-state index >= 15 is 0 Å². The quantitative estimate of drug-likeness (QED) is 0.766. The fraction of sp³-hybridized carbons (Fsp3) is 0.214. The zero-order valence-electron chi connectivity index (χ0n) is 10.9. The highest BCUT2D eigenvalue weighted by atomic mass is 79.9. The molecular weight excluding hydrogens is 360 g/mol. The molecule has 1 heterocycles. The number of aromatic carboxylic acids is 1. The van der Waals surface area contributed by atoms with Gasteiger partial charge in [-0.1, -0.05) is 28.1 Å². The lowest BCUT2D eigenvalue weighted by Crippen LogP contribution is -1.96. The van der Waals surface area contributed by atoms with Crippen molar-refractivity contribution < 1.29 is 15.0 Å². The van der Waals surface area contributed by atoms with Crippen molar-refractivity contribution in [2.24, 2.45) is 0 Å². The Morgan fingerprint density at radius 3 is 2.65 bits per heavy atom. The number of carboxylic acid groups (broad SMARTS) is 1. The van der Waals surface area contributed by atoms with Crippen LogP contribution in [-0.2, 0) is 0 Å². The predicted molar refractivity (Wildman–Crippen MR) is 86.8 cm³/mol. The predicted octanol–water partition coefficient (Wildman–Crippen LogP) is 4.65. The number of thiophene rings is 1. The number of aliphatic hydroxyl groups is 1. The standard InChI is InChI=1S/C14H13BrO3S2/c1-7(16)12-8(4-3-5-10(12)15)9-6-11(13(17)18)20-14(9)19-2/h3-7,16H,1-2H3,(H,17,18). The van der Waals surface area contributed by atoms with Crippen LogP contribution in [0.4, 0.5) is 0 Å². The average molecular weight is 373 g/mol. The molecule has 0 saturated carbocycles. The van der Waals surface area contributed by atoms with Gasteiger partial charge in [0.05, 0.1) is 10.3 Å². The number of carbonyl (C=O) groups is 1. The van der Waals surface area contributed by atoms with E-state index in [9.17, 15) is 9.90 Å². The number of hydrogen-bond donors (Lipinski definition) is 2. The highest BCUT2D eigenvalue weighted by Gasteiger charge is 2.19. The zero-order chi connectivity index (χ0) is 14.9. The molecule has 0 aliphatic rings. The van der Waals surface area contributed by atoms with Crippen LogP contribution in [0.15, 0.2) is 32.9 Å². The van der Waals surface area contributed by atoms with E-state index in [0.29, 0.717) is 4.88 Å². The summed E-state index contributed by atoms with van der Waals surface area (Å²) in [6, 6.07) is 7.33. The second-order valence-corrected chi connectivity index (χ2v) is 7.18. The molecule has 1 unspecified atom stereocenters. The summed E-state index contributed by atoms with van der Waals surface area (Å²) >= 11 is 6.22. The van der Waals surface area contributed by atoms with Gasteiger partial charge in [-0.05, 0) is 30.9 Å². The van der Waals surface area contributed by atoms with Gasteiger partial charge >= 0.3 is 5.97 Å². The first-order chi connectivity index (χ1) is 9.45. The minimum atomic E-state index is -0.926. The molecule has 0 spiro atoms. The fourth-order valence-corrected chi connectivity index (χ4v) is 4.45. The molecule has 0 fully saturated rings. The van der Waals surface area contributed by atoms with Gasteiger partial charge in [0, 0.05) is 15.6 Å². The van der Waals surface area contributed by atoms with E-state index in [0.717, 1.165) is 25.4 Å². The van der Waals surface area contributed by atoms with E-state index in [2.05, 4.69) is 15.9 Å². The maximum Gasteiger partial charge on any atom is 0.345 e. The summed E-state index contributed by atoms with van der Waals surface area (Å²) in [6.45, 7) is 1.70. The molecule has 20 heavy (non-hydrogen) atoms. The summed E-state index contributed by atoms with van der Waals surface area (Å²) in [4.78, 5) is 11.4. The topological polar surface area (TPSA) is 57.5 Å². The van der Waals surface area contributed by atoms with Crippen LogP contribution in [0.1, 0.15) is 28.3 Å². The second-order valence-electron chi connectivity index (χ2n) is 4.20. The Morgan fingerprint density at radius 1 is 1.40 bits per heavy atom. The lowest BCUT2D eigenvalue weighted by Gasteiger charge is -2.14. The normalized spacial score (nSPS) is 12.4. The van der Waals surface area contributed by atoms with Crippen LogP contribution in [0.2, 0.25) is 0 Å². The molecule has 1 atom stereocenters. The number of hydrogen-bond acceptors (Lipinski definition) is 4. The maximum atomic E-state index is 11.1. The summed E-state index contributed by atoms with van der Waals surface area (Å²) < 4.78 is 1.75. The van der Waals surface area contributed by atoms with Gasteiger partial charge in [-0.3, -0.25) is 0 Å². The second kappa shape index (κ2) is 6.30. The molecule has 106 valence electrons. The van der Waals surface area contributed by atoms with E-state index in [-0.39, 0.29) is 0 Å². The van der Waals surface area contributed by atoms with Crippen molar-refractivity contribution in [3.8, 4) is 11.1 Å². The van der Waals surface area contributed by atoms with Crippen molar-refractivity contribution in [1.29, 1.82) is 0 Å². The lowest BCUT2D eigenvalue weighted by molar-refractivity contribution is 0.0702. The van der Waals surface area contributed by atoms with Gasteiger partial charge in [-0.15, -0.1) is 23.1 Å². The smallest absolute Gasteiger partial charge is 0.345 e. The minimum Gasteiger partial charge on any atom is -0.477 e. The van der Waals surface area contributed by atoms with Crippen molar-refractivity contribution >= 4 is 45.0 Å². The fourth-order valence-electron chi connectivity index (χ4n) is 2.02. The number of rotatable bonds is 4. The van der Waals surface area contributed by atoms with E-state index in [4.69, 9.17) is 5.11 Å². The number of thioether (sulfide) groups is 1. The van der Waals surface area contributed by atoms with Crippen LogP contribution in [0.3, 0.4) is 0 Å². The molecule has 2 aromatic rings. The minimum absolute atomic E-state index is 0.306. The van der Waals surface area contributed by atoms with E-state index < -0.39 is 12.1 Å². The first-order valence-corrected chi connectivity index (χ1v) is 8.67. The number of aliphatic hydroxyl groups excluding tert-OH is 1. The van der Waals surface area contributed by atoms with Crippen LogP contribution < -0.4 is 0 Å². The van der Waals surface area contributed by atoms with Gasteiger partial charge in [0.15, 0.2) is 0 Å². The lowest BCUT2D eigenvalue weighted by atomic mass is 9.98. The Bertz CT molecular complexity index is 650. The van der Waals surface area contributed by atoms with Gasteiger partial charge in [-0.25, -0.2) is 4.79 Å². The molecule has 0 saturated heterocycles. The van der Waals surface area contributed by atoms with E-state index in [1.165, 1.54) is 23.1 Å². The summed E-state index contributed by atoms with van der Waals surface area (Å²) in [7, 11) is 0. The number of carboxylic acids is 1. The zero-order valence-corrected chi connectivity index (χ0v) is 14.1. The third-order valence-corrected chi connectivity index (χ3v) is 5.80. The first-order valence-electron chi connectivity index (χ1n) is 5.83. The summed E-state index contributed by atoms with van der Waals surface area (Å²) in [5.74, 6) is -0.926. The molecule has 0 amide bonds. The molecule has 6 heteroatoms. The van der Waals surface area contributed by atoms with Gasteiger partial charge in [0.2, 0.25) is 0 Å². The SMILES string of the molecule is CSc1sc(C(=O)O)cc1-c1cccc(Br)c1C(C)O. The van der Waals surface area contributed by atoms with Crippen molar-refractivity contribution in [2.75, 3.05) is 6.26 Å². The summed E-state index contributed by atoms with van der Waals surface area (Å²) in [5.41, 5.74) is 2.50. The Balaban J connectivity index is 2.68. The van der Waals surface area contributed by atoms with Crippen LogP contribution in [0.25, 0.3) is 11.1 Å². The molecule has 0 radical (unpaired) electrons. The van der Waals surface area contributed by atoms with Gasteiger partial charge in [0.1, 0.15) is 4.88 Å². The molecule has 3 nitrogen and oxygen atoms in total. The molecule has 2 N–H and O–H groups in total. The van der Waals surface area contributed by atoms with Crippen molar-refractivity contribution in [3.05, 3.63) is 39.2 Å². The molecule has 0 aliphatic heterocycles. The molecule has 1 aromatic heterocycles.